The number of carbonyl (C=O) groups is 2. The van der Waals surface area contributed by atoms with E-state index in [4.69, 9.17) is 11.0 Å². The number of carbonyl (C=O) groups excluding carboxylic acids is 2. The zero-order chi connectivity index (χ0) is 20.4. The van der Waals surface area contributed by atoms with Crippen LogP contribution < -0.4 is 16.6 Å². The lowest BCUT2D eigenvalue weighted by atomic mass is 9.95. The van der Waals surface area contributed by atoms with E-state index in [-0.39, 0.29) is 5.56 Å². The first-order chi connectivity index (χ1) is 12.7. The summed E-state index contributed by atoms with van der Waals surface area (Å²) in [5.41, 5.74) is -1.21. The maximum Gasteiger partial charge on any atom is 0.269 e. The number of nitrogens with two attached hydrogens (primary N) is 1. The number of halogens is 2. The number of hydrogen-bond donors (Lipinski definition) is 5. The summed E-state index contributed by atoms with van der Waals surface area (Å²) >= 11 is 0. The molecule has 0 aliphatic heterocycles. The van der Waals surface area contributed by atoms with Crippen LogP contribution in [0, 0.1) is 11.8 Å². The fraction of sp³-hybridized carbons (Fsp3) is 0.250. The fourth-order valence-electron chi connectivity index (χ4n) is 1.82. The molecule has 2 atom stereocenters. The fourth-order valence-corrected chi connectivity index (χ4v) is 1.82. The van der Waals surface area contributed by atoms with Crippen LogP contribution in [0.25, 0.3) is 0 Å². The van der Waals surface area contributed by atoms with Crippen molar-refractivity contribution in [2.75, 3.05) is 0 Å². The first kappa shape index (κ1) is 21.7. The average molecular weight is 381 g/mol. The number of aliphatic hydroxyl groups is 1. The van der Waals surface area contributed by atoms with Crippen molar-refractivity contribution in [3.8, 4) is 11.8 Å². The molecule has 0 fully saturated rings. The van der Waals surface area contributed by atoms with Gasteiger partial charge in [0.1, 0.15) is 6.04 Å². The van der Waals surface area contributed by atoms with Gasteiger partial charge in [0.05, 0.1) is 6.20 Å². The minimum Gasteiger partial charge on any atom is -0.381 e. The predicted molar refractivity (Wildman–Crippen MR) is 89.3 cm³/mol. The van der Waals surface area contributed by atoms with Crippen LogP contribution in [-0.4, -0.2) is 40.2 Å². The predicted octanol–water partition coefficient (Wildman–Crippen LogP) is 0.498. The first-order valence-corrected chi connectivity index (χ1v) is 7.36. The van der Waals surface area contributed by atoms with Crippen molar-refractivity contribution in [3.05, 3.63) is 47.7 Å². The van der Waals surface area contributed by atoms with Crippen molar-refractivity contribution >= 4 is 11.8 Å². The maximum atomic E-state index is 13.0. The topological polar surface area (TPSA) is 149 Å². The number of hydroxylamine groups is 1. The van der Waals surface area contributed by atoms with E-state index in [2.05, 4.69) is 22.2 Å². The summed E-state index contributed by atoms with van der Waals surface area (Å²) in [6.07, 6.45) is -0.693. The molecule has 0 aromatic heterocycles. The van der Waals surface area contributed by atoms with Gasteiger partial charge in [0, 0.05) is 17.2 Å². The lowest BCUT2D eigenvalue weighted by molar-refractivity contribution is -0.149. The zero-order valence-electron chi connectivity index (χ0n) is 14.1. The number of benzene rings is 1. The number of nitrogens with zero attached hydrogens (tertiary/aromatic N) is 2. The molecule has 0 spiro atoms. The molecule has 1 rings (SSSR count). The molecule has 144 valence electrons. The highest BCUT2D eigenvalue weighted by Crippen LogP contribution is 2.20. The van der Waals surface area contributed by atoms with Crippen LogP contribution in [0.3, 0.4) is 0 Å². The van der Waals surface area contributed by atoms with Crippen LogP contribution in [-0.2, 0) is 4.79 Å². The molecular formula is C16H17F2N5O4. The first-order valence-electron chi connectivity index (χ1n) is 7.36. The molecule has 2 amide bonds. The number of alkyl halides is 2. The van der Waals surface area contributed by atoms with Gasteiger partial charge in [0.2, 0.25) is 0 Å². The van der Waals surface area contributed by atoms with Crippen LogP contribution in [0.1, 0.15) is 22.8 Å². The molecular weight excluding hydrogens is 364 g/mol. The highest BCUT2D eigenvalue weighted by Gasteiger charge is 2.46. The van der Waals surface area contributed by atoms with Gasteiger partial charge < -0.3 is 16.3 Å². The van der Waals surface area contributed by atoms with Gasteiger partial charge in [0.15, 0.2) is 5.60 Å². The van der Waals surface area contributed by atoms with E-state index in [0.29, 0.717) is 12.5 Å². The Labute approximate surface area is 152 Å². The molecule has 0 heterocycles. The molecule has 1 unspecified atom stereocenters. The summed E-state index contributed by atoms with van der Waals surface area (Å²) in [6, 6.07) is 3.55. The lowest BCUT2D eigenvalue weighted by Gasteiger charge is -2.30. The number of nitrogens with one attached hydrogen (secondary N) is 2. The van der Waals surface area contributed by atoms with Crippen molar-refractivity contribution in [3.63, 3.8) is 0 Å². The Bertz CT molecular complexity index is 782. The second-order valence-corrected chi connectivity index (χ2v) is 5.30. The number of amides is 2. The van der Waals surface area contributed by atoms with E-state index in [1.807, 2.05) is 5.32 Å². The number of hydrogen-bond acceptors (Lipinski definition) is 6. The smallest absolute Gasteiger partial charge is 0.269 e. The molecule has 27 heavy (non-hydrogen) atoms. The monoisotopic (exact) mass is 381 g/mol. The molecule has 0 aliphatic carbocycles. The van der Waals surface area contributed by atoms with Gasteiger partial charge in [-0.2, -0.15) is 0 Å². The summed E-state index contributed by atoms with van der Waals surface area (Å²) in [4.78, 5) is 23.7. The Hall–Kier alpha value is -3.36. The molecule has 0 saturated heterocycles. The molecule has 0 radical (unpaired) electrons. The van der Waals surface area contributed by atoms with E-state index >= 15 is 0 Å². The molecule has 0 aliphatic rings. The normalized spacial score (nSPS) is 14.4. The van der Waals surface area contributed by atoms with Crippen molar-refractivity contribution in [2.24, 2.45) is 16.2 Å². The average Bonchev–Trinajstić information content (AvgIpc) is 2.65. The molecule has 9 nitrogen and oxygen atoms in total. The summed E-state index contributed by atoms with van der Waals surface area (Å²) in [6.45, 7) is 0.661. The van der Waals surface area contributed by atoms with E-state index < -0.39 is 29.9 Å². The van der Waals surface area contributed by atoms with Crippen LogP contribution in [0.2, 0.25) is 0 Å². The summed E-state index contributed by atoms with van der Waals surface area (Å²) < 4.78 is 25.9. The van der Waals surface area contributed by atoms with Gasteiger partial charge in [-0.1, -0.05) is 17.1 Å². The maximum absolute atomic E-state index is 13.0. The third-order valence-electron chi connectivity index (χ3n) is 3.33. The highest BCUT2D eigenvalue weighted by molar-refractivity contribution is 5.97. The van der Waals surface area contributed by atoms with Gasteiger partial charge in [-0.15, -0.1) is 5.11 Å². The molecule has 11 heteroatoms. The molecule has 0 bridgehead atoms. The minimum atomic E-state index is -3.36. The van der Waals surface area contributed by atoms with Gasteiger partial charge in [0.25, 0.3) is 18.2 Å². The Balaban J connectivity index is 2.93. The summed E-state index contributed by atoms with van der Waals surface area (Å²) in [5, 5.41) is 26.8. The van der Waals surface area contributed by atoms with Crippen LogP contribution in [0.15, 0.2) is 46.9 Å². The zero-order valence-corrected chi connectivity index (χ0v) is 14.1. The van der Waals surface area contributed by atoms with Crippen LogP contribution in [0.4, 0.5) is 8.78 Å². The highest BCUT2D eigenvalue weighted by atomic mass is 19.3. The summed E-state index contributed by atoms with van der Waals surface area (Å²) in [7, 11) is 0. The second kappa shape index (κ2) is 9.95. The summed E-state index contributed by atoms with van der Waals surface area (Å²) in [5.74, 6) is 7.86. The number of allylic oxidation sites excluding steroid dienone is 1. The lowest BCUT2D eigenvalue weighted by Crippen LogP contribution is -2.61. The van der Waals surface area contributed by atoms with E-state index in [0.717, 1.165) is 5.48 Å². The van der Waals surface area contributed by atoms with Gasteiger partial charge in [-0.05, 0) is 31.2 Å². The van der Waals surface area contributed by atoms with E-state index in [1.54, 1.807) is 0 Å². The third-order valence-corrected chi connectivity index (χ3v) is 3.33. The van der Waals surface area contributed by atoms with Crippen LogP contribution >= 0.6 is 0 Å². The Morgan fingerprint density at radius 2 is 1.96 bits per heavy atom. The largest absolute Gasteiger partial charge is 0.381 e. The van der Waals surface area contributed by atoms with Crippen molar-refractivity contribution in [2.45, 2.75) is 25.0 Å². The standard InChI is InChI=1S/C16H17F2N5O4/c1-16(26,15(17)18)12(14(25)22-27)21-13(24)11-7-5-10(6-8-11)4-2-3-9-20-23-19/h3,5-9,12,15,26-27H,1H3,(H2,19,20)(H,21,24)(H,22,25)/b9-3+/t12-,16?/m1/s1. The quantitative estimate of drug-likeness (QED) is 0.160. The van der Waals surface area contributed by atoms with Gasteiger partial charge in [-0.25, -0.2) is 14.3 Å². The molecule has 1 aromatic rings. The van der Waals surface area contributed by atoms with Crippen molar-refractivity contribution in [1.29, 1.82) is 0 Å². The Morgan fingerprint density at radius 3 is 2.48 bits per heavy atom. The van der Waals surface area contributed by atoms with Crippen molar-refractivity contribution in [1.82, 2.24) is 10.8 Å². The Kier molecular flexibility index (Phi) is 7.99. The second-order valence-electron chi connectivity index (χ2n) is 5.30. The SMILES string of the molecule is CC(O)(C(F)F)[C@H](NC(=O)c1ccc(C#C/C=C/N=NN)cc1)C(=O)NO. The van der Waals surface area contributed by atoms with E-state index in [9.17, 15) is 23.5 Å². The molecule has 1 aromatic carbocycles. The number of rotatable bonds is 6. The molecule has 6 N–H and O–H groups in total. The van der Waals surface area contributed by atoms with Gasteiger partial charge >= 0.3 is 0 Å². The van der Waals surface area contributed by atoms with Crippen molar-refractivity contribution < 1.29 is 28.7 Å². The Morgan fingerprint density at radius 1 is 1.33 bits per heavy atom. The third kappa shape index (κ3) is 6.14. The van der Waals surface area contributed by atoms with Crippen LogP contribution in [0.5, 0.6) is 0 Å². The van der Waals surface area contributed by atoms with E-state index in [1.165, 1.54) is 36.5 Å². The minimum absolute atomic E-state index is 0.0221. The van der Waals surface area contributed by atoms with Gasteiger partial charge in [-0.3, -0.25) is 14.8 Å². The molecule has 0 saturated carbocycles.